The van der Waals surface area contributed by atoms with Gasteiger partial charge in [-0.3, -0.25) is 4.79 Å². The van der Waals surface area contributed by atoms with Gasteiger partial charge in [0.15, 0.2) is 0 Å². The van der Waals surface area contributed by atoms with Gasteiger partial charge in [-0.2, -0.15) is 0 Å². The Bertz CT molecular complexity index is 568. The molecule has 0 radical (unpaired) electrons. The van der Waals surface area contributed by atoms with Crippen LogP contribution in [-0.4, -0.2) is 18.7 Å². The molecule has 0 bridgehead atoms. The van der Waals surface area contributed by atoms with Gasteiger partial charge in [-0.25, -0.2) is 0 Å². The molecule has 0 saturated heterocycles. The van der Waals surface area contributed by atoms with E-state index >= 15 is 0 Å². The van der Waals surface area contributed by atoms with E-state index in [0.717, 1.165) is 16.8 Å². The number of hydrogen-bond acceptors (Lipinski definition) is 2. The maximum atomic E-state index is 11.5. The zero-order chi connectivity index (χ0) is 12.4. The molecule has 0 unspecified atom stereocenters. The third-order valence-electron chi connectivity index (χ3n) is 2.82. The molecule has 0 saturated carbocycles. The van der Waals surface area contributed by atoms with Crippen LogP contribution in [0, 0.1) is 0 Å². The second-order valence-corrected chi connectivity index (χ2v) is 4.31. The summed E-state index contributed by atoms with van der Waals surface area (Å²) >= 11 is 0. The lowest BCUT2D eigenvalue weighted by molar-refractivity contribution is 0.861. The van der Waals surface area contributed by atoms with E-state index in [1.807, 2.05) is 49.3 Å². The van der Waals surface area contributed by atoms with Crippen molar-refractivity contribution in [1.29, 1.82) is 0 Å². The highest BCUT2D eigenvalue weighted by Crippen LogP contribution is 2.20. The Balaban J connectivity index is 2.40. The first-order valence-electron chi connectivity index (χ1n) is 5.52. The van der Waals surface area contributed by atoms with Gasteiger partial charge in [-0.1, -0.05) is 12.1 Å². The van der Waals surface area contributed by atoms with E-state index in [9.17, 15) is 4.79 Å². The molecule has 3 nitrogen and oxygen atoms in total. The minimum atomic E-state index is 0.0131. The van der Waals surface area contributed by atoms with Crippen molar-refractivity contribution in [3.05, 3.63) is 52.9 Å². The third kappa shape index (κ3) is 2.38. The second-order valence-electron chi connectivity index (χ2n) is 4.31. The third-order valence-corrected chi connectivity index (χ3v) is 2.82. The van der Waals surface area contributed by atoms with Crippen LogP contribution in [-0.2, 0) is 7.05 Å². The lowest BCUT2D eigenvalue weighted by Gasteiger charge is -2.12. The van der Waals surface area contributed by atoms with E-state index in [0.29, 0.717) is 0 Å². The van der Waals surface area contributed by atoms with E-state index < -0.39 is 0 Å². The van der Waals surface area contributed by atoms with Gasteiger partial charge in [0.1, 0.15) is 0 Å². The number of anilines is 1. The molecular formula is C14H16N2O. The van der Waals surface area contributed by atoms with Crippen molar-refractivity contribution in [2.75, 3.05) is 19.0 Å². The van der Waals surface area contributed by atoms with E-state index in [1.54, 1.807) is 23.9 Å². The highest BCUT2D eigenvalue weighted by atomic mass is 16.1. The van der Waals surface area contributed by atoms with Crippen LogP contribution in [0.1, 0.15) is 0 Å². The smallest absolute Gasteiger partial charge is 0.250 e. The van der Waals surface area contributed by atoms with Crippen LogP contribution in [0.15, 0.2) is 47.4 Å². The summed E-state index contributed by atoms with van der Waals surface area (Å²) < 4.78 is 1.57. The maximum Gasteiger partial charge on any atom is 0.250 e. The molecule has 0 aliphatic carbocycles. The Morgan fingerprint density at radius 1 is 1.00 bits per heavy atom. The van der Waals surface area contributed by atoms with Gasteiger partial charge < -0.3 is 9.47 Å². The Hall–Kier alpha value is -2.03. The van der Waals surface area contributed by atoms with Crippen molar-refractivity contribution >= 4 is 5.69 Å². The Morgan fingerprint density at radius 3 is 2.18 bits per heavy atom. The summed E-state index contributed by atoms with van der Waals surface area (Å²) in [4.78, 5) is 13.6. The number of aromatic nitrogens is 1. The van der Waals surface area contributed by atoms with Crippen LogP contribution >= 0.6 is 0 Å². The molecule has 0 N–H and O–H groups in total. The maximum absolute atomic E-state index is 11.5. The Labute approximate surface area is 101 Å². The fourth-order valence-electron chi connectivity index (χ4n) is 1.68. The number of nitrogens with zero attached hydrogens (tertiary/aromatic N) is 2. The first-order chi connectivity index (χ1) is 8.08. The van der Waals surface area contributed by atoms with Crippen molar-refractivity contribution in [2.45, 2.75) is 0 Å². The number of aryl methyl sites for hydroxylation is 1. The molecule has 3 heteroatoms. The zero-order valence-electron chi connectivity index (χ0n) is 10.3. The average molecular weight is 228 g/mol. The number of hydrogen-bond donors (Lipinski definition) is 0. The molecule has 1 aromatic heterocycles. The Kier molecular flexibility index (Phi) is 3.00. The van der Waals surface area contributed by atoms with Crippen molar-refractivity contribution in [2.24, 2.45) is 7.05 Å². The number of benzene rings is 1. The SMILES string of the molecule is CN(C)c1ccc(-c2ccn(C)c(=O)c2)cc1. The molecule has 0 aliphatic rings. The molecule has 1 aromatic carbocycles. The predicted octanol–water partition coefficient (Wildman–Crippen LogP) is 2.12. The first kappa shape index (κ1) is 11.5. The van der Waals surface area contributed by atoms with Crippen molar-refractivity contribution in [3.63, 3.8) is 0 Å². The van der Waals surface area contributed by atoms with E-state index in [4.69, 9.17) is 0 Å². The van der Waals surface area contributed by atoms with Gasteiger partial charge in [0.2, 0.25) is 0 Å². The molecule has 0 aliphatic heterocycles. The molecule has 0 fully saturated rings. The van der Waals surface area contributed by atoms with Crippen LogP contribution in [0.4, 0.5) is 5.69 Å². The molecule has 2 aromatic rings. The van der Waals surface area contributed by atoms with Crippen LogP contribution in [0.25, 0.3) is 11.1 Å². The highest BCUT2D eigenvalue weighted by Gasteiger charge is 2.00. The highest BCUT2D eigenvalue weighted by molar-refractivity contribution is 5.65. The van der Waals surface area contributed by atoms with E-state index in [-0.39, 0.29) is 5.56 Å². The van der Waals surface area contributed by atoms with Crippen molar-refractivity contribution in [1.82, 2.24) is 4.57 Å². The standard InChI is InChI=1S/C14H16N2O/c1-15(2)13-6-4-11(5-7-13)12-8-9-16(3)14(17)10-12/h4-10H,1-3H3. The summed E-state index contributed by atoms with van der Waals surface area (Å²) in [7, 11) is 5.77. The van der Waals surface area contributed by atoms with Crippen LogP contribution in [0.3, 0.4) is 0 Å². The largest absolute Gasteiger partial charge is 0.378 e. The topological polar surface area (TPSA) is 25.2 Å². The normalized spacial score (nSPS) is 10.3. The van der Waals surface area contributed by atoms with E-state index in [1.165, 1.54) is 0 Å². The van der Waals surface area contributed by atoms with Gasteiger partial charge in [0.05, 0.1) is 0 Å². The molecule has 0 atom stereocenters. The molecule has 2 rings (SSSR count). The fraction of sp³-hybridized carbons (Fsp3) is 0.214. The summed E-state index contributed by atoms with van der Waals surface area (Å²) in [6.07, 6.45) is 1.79. The van der Waals surface area contributed by atoms with Crippen LogP contribution in [0.2, 0.25) is 0 Å². The molecule has 17 heavy (non-hydrogen) atoms. The molecule has 88 valence electrons. The number of rotatable bonds is 2. The Morgan fingerprint density at radius 2 is 1.65 bits per heavy atom. The van der Waals surface area contributed by atoms with Crippen molar-refractivity contribution in [3.8, 4) is 11.1 Å². The van der Waals surface area contributed by atoms with E-state index in [2.05, 4.69) is 0 Å². The monoisotopic (exact) mass is 228 g/mol. The summed E-state index contributed by atoms with van der Waals surface area (Å²) in [5, 5.41) is 0. The quantitative estimate of drug-likeness (QED) is 0.786. The molecule has 1 heterocycles. The zero-order valence-corrected chi connectivity index (χ0v) is 10.3. The van der Waals surface area contributed by atoms with Crippen molar-refractivity contribution < 1.29 is 0 Å². The van der Waals surface area contributed by atoms with Gasteiger partial charge in [-0.05, 0) is 29.3 Å². The molecule has 0 amide bonds. The van der Waals surface area contributed by atoms with Gasteiger partial charge in [-0.15, -0.1) is 0 Å². The van der Waals surface area contributed by atoms with Gasteiger partial charge in [0, 0.05) is 39.1 Å². The molecule has 0 spiro atoms. The average Bonchev–Trinajstić information content (AvgIpc) is 2.33. The minimum Gasteiger partial charge on any atom is -0.378 e. The van der Waals surface area contributed by atoms with Gasteiger partial charge in [0.25, 0.3) is 5.56 Å². The fourth-order valence-corrected chi connectivity index (χ4v) is 1.68. The summed E-state index contributed by atoms with van der Waals surface area (Å²) in [6.45, 7) is 0. The summed E-state index contributed by atoms with van der Waals surface area (Å²) in [5.74, 6) is 0. The molecular weight excluding hydrogens is 212 g/mol. The predicted molar refractivity (Wildman–Crippen MR) is 71.4 cm³/mol. The lowest BCUT2D eigenvalue weighted by atomic mass is 10.1. The lowest BCUT2D eigenvalue weighted by Crippen LogP contribution is -2.14. The van der Waals surface area contributed by atoms with Crippen LogP contribution in [0.5, 0.6) is 0 Å². The summed E-state index contributed by atoms with van der Waals surface area (Å²) in [6, 6.07) is 11.8. The minimum absolute atomic E-state index is 0.0131. The summed E-state index contributed by atoms with van der Waals surface area (Å²) in [5.41, 5.74) is 3.18. The second kappa shape index (κ2) is 4.45. The number of pyridine rings is 1. The van der Waals surface area contributed by atoms with Crippen LogP contribution < -0.4 is 10.5 Å². The van der Waals surface area contributed by atoms with Gasteiger partial charge >= 0.3 is 0 Å². The first-order valence-corrected chi connectivity index (χ1v) is 5.52.